The molecule has 3 aromatic rings. The van der Waals surface area contributed by atoms with E-state index in [1.54, 1.807) is 27.8 Å². The van der Waals surface area contributed by atoms with Gasteiger partial charge in [-0.2, -0.15) is 0 Å². The number of nitrogens with zero attached hydrogens (tertiary/aromatic N) is 1. The fourth-order valence-electron chi connectivity index (χ4n) is 6.18. The first-order chi connectivity index (χ1) is 27.0. The summed E-state index contributed by atoms with van der Waals surface area (Å²) >= 11 is 0. The van der Waals surface area contributed by atoms with Gasteiger partial charge >= 0.3 is 24.0 Å². The molecule has 1 amide bonds. The van der Waals surface area contributed by atoms with E-state index in [-0.39, 0.29) is 32.3 Å². The molecule has 0 saturated heterocycles. The quantitative estimate of drug-likeness (QED) is 0.0358. The standard InChI is InChI=1S/C45H61NO10/c1-7-8-9-10-20-27-39(34(4)43(48)56-42(33(2)3)44(49)52-30-36-23-16-12-17-24-36)55-41(47)29-40(54-32-51-6)38(28-35-21-14-11-15-22-35)46(5)45(50)53-31-37-25-18-13-19-26-37/h11-19,21-26,33-34,38-40,42H,7-10,20,27-32H2,1-6H3/t34-,38-,39+,40+,42-/m0/s1. The lowest BCUT2D eigenvalue weighted by molar-refractivity contribution is -0.179. The summed E-state index contributed by atoms with van der Waals surface area (Å²) in [6.45, 7) is 7.31. The third-order valence-electron chi connectivity index (χ3n) is 9.58. The van der Waals surface area contributed by atoms with Crippen LogP contribution in [-0.2, 0) is 62.4 Å². The first kappa shape index (κ1) is 45.6. The third kappa shape index (κ3) is 16.2. The molecule has 0 aliphatic carbocycles. The average Bonchev–Trinajstić information content (AvgIpc) is 3.21. The fourth-order valence-corrected chi connectivity index (χ4v) is 6.18. The molecule has 11 heteroatoms. The topological polar surface area (TPSA) is 127 Å². The molecule has 0 radical (unpaired) electrons. The van der Waals surface area contributed by atoms with Gasteiger partial charge in [0.2, 0.25) is 6.10 Å². The zero-order chi connectivity index (χ0) is 40.7. The van der Waals surface area contributed by atoms with Crippen molar-refractivity contribution in [1.82, 2.24) is 4.90 Å². The zero-order valence-electron chi connectivity index (χ0n) is 33.9. The number of benzene rings is 3. The van der Waals surface area contributed by atoms with Gasteiger partial charge in [0.25, 0.3) is 0 Å². The van der Waals surface area contributed by atoms with E-state index in [9.17, 15) is 19.2 Å². The van der Waals surface area contributed by atoms with Crippen LogP contribution in [0.5, 0.6) is 0 Å². The van der Waals surface area contributed by atoms with Gasteiger partial charge in [-0.05, 0) is 42.9 Å². The predicted molar refractivity (Wildman–Crippen MR) is 213 cm³/mol. The Morgan fingerprint density at radius 2 is 1.21 bits per heavy atom. The molecular weight excluding hydrogens is 714 g/mol. The van der Waals surface area contributed by atoms with Gasteiger partial charge in [-0.25, -0.2) is 9.59 Å². The van der Waals surface area contributed by atoms with Crippen LogP contribution in [0.1, 0.15) is 89.3 Å². The molecule has 0 spiro atoms. The Kier molecular flexibility index (Phi) is 20.7. The molecule has 0 aromatic heterocycles. The predicted octanol–water partition coefficient (Wildman–Crippen LogP) is 8.47. The molecule has 56 heavy (non-hydrogen) atoms. The second-order valence-corrected chi connectivity index (χ2v) is 14.4. The van der Waals surface area contributed by atoms with E-state index in [2.05, 4.69) is 6.92 Å². The number of hydrogen-bond acceptors (Lipinski definition) is 10. The normalized spacial score (nSPS) is 13.8. The number of methoxy groups -OCH3 is 1. The molecule has 0 fully saturated rings. The minimum Gasteiger partial charge on any atom is -0.461 e. The van der Waals surface area contributed by atoms with Crippen molar-refractivity contribution in [3.05, 3.63) is 108 Å². The fraction of sp³-hybridized carbons (Fsp3) is 0.511. The summed E-state index contributed by atoms with van der Waals surface area (Å²) in [6, 6.07) is 27.5. The van der Waals surface area contributed by atoms with E-state index in [0.29, 0.717) is 12.8 Å². The smallest absolute Gasteiger partial charge is 0.410 e. The van der Waals surface area contributed by atoms with Crippen molar-refractivity contribution in [2.75, 3.05) is 21.0 Å². The molecule has 0 aliphatic heterocycles. The highest BCUT2D eigenvalue weighted by Gasteiger charge is 2.37. The minimum atomic E-state index is -1.14. The second kappa shape index (κ2) is 25.4. The van der Waals surface area contributed by atoms with Gasteiger partial charge < -0.3 is 33.3 Å². The van der Waals surface area contributed by atoms with Crippen LogP contribution in [0.2, 0.25) is 0 Å². The van der Waals surface area contributed by atoms with E-state index >= 15 is 0 Å². The summed E-state index contributed by atoms with van der Waals surface area (Å²) in [5, 5.41) is 0. The van der Waals surface area contributed by atoms with Crippen LogP contribution in [0.25, 0.3) is 0 Å². The Balaban J connectivity index is 1.79. The number of ether oxygens (including phenoxy) is 6. The molecule has 3 rings (SSSR count). The number of esters is 3. The van der Waals surface area contributed by atoms with Crippen LogP contribution in [0, 0.1) is 11.8 Å². The summed E-state index contributed by atoms with van der Waals surface area (Å²) < 4.78 is 34.4. The summed E-state index contributed by atoms with van der Waals surface area (Å²) in [6.07, 6.45) is 1.87. The molecule has 0 aliphatic rings. The molecule has 0 unspecified atom stereocenters. The second-order valence-electron chi connectivity index (χ2n) is 14.4. The first-order valence-electron chi connectivity index (χ1n) is 19.7. The Labute approximate surface area is 332 Å². The van der Waals surface area contributed by atoms with Crippen molar-refractivity contribution in [1.29, 1.82) is 0 Å². The van der Waals surface area contributed by atoms with E-state index in [1.165, 1.54) is 12.0 Å². The van der Waals surface area contributed by atoms with Crippen molar-refractivity contribution in [2.45, 2.75) is 117 Å². The first-order valence-corrected chi connectivity index (χ1v) is 19.7. The maximum Gasteiger partial charge on any atom is 0.410 e. The van der Waals surface area contributed by atoms with Gasteiger partial charge in [-0.15, -0.1) is 0 Å². The van der Waals surface area contributed by atoms with Crippen LogP contribution >= 0.6 is 0 Å². The lowest BCUT2D eigenvalue weighted by Crippen LogP contribution is -2.48. The van der Waals surface area contributed by atoms with E-state index in [1.807, 2.05) is 91.0 Å². The monoisotopic (exact) mass is 775 g/mol. The van der Waals surface area contributed by atoms with Crippen molar-refractivity contribution in [3.8, 4) is 0 Å². The maximum atomic E-state index is 13.9. The number of hydrogen-bond donors (Lipinski definition) is 0. The highest BCUT2D eigenvalue weighted by Crippen LogP contribution is 2.24. The maximum absolute atomic E-state index is 13.9. The van der Waals surface area contributed by atoms with E-state index < -0.39 is 54.3 Å². The van der Waals surface area contributed by atoms with E-state index in [0.717, 1.165) is 48.8 Å². The van der Waals surface area contributed by atoms with Crippen LogP contribution in [0.3, 0.4) is 0 Å². The van der Waals surface area contributed by atoms with Crippen LogP contribution in [-0.4, -0.2) is 74.2 Å². The Bertz CT molecular complexity index is 1570. The number of amides is 1. The zero-order valence-corrected chi connectivity index (χ0v) is 33.9. The third-order valence-corrected chi connectivity index (χ3v) is 9.58. The number of carbonyl (C=O) groups excluding carboxylic acids is 4. The van der Waals surface area contributed by atoms with Crippen molar-refractivity contribution >= 4 is 24.0 Å². The largest absolute Gasteiger partial charge is 0.461 e. The molecular formula is C45H61NO10. The Morgan fingerprint density at radius 3 is 1.77 bits per heavy atom. The van der Waals surface area contributed by atoms with Crippen molar-refractivity contribution in [2.24, 2.45) is 11.8 Å². The number of rotatable bonds is 25. The molecule has 3 aromatic carbocycles. The molecule has 0 N–H and O–H groups in total. The van der Waals surface area contributed by atoms with Crippen LogP contribution in [0.4, 0.5) is 4.79 Å². The van der Waals surface area contributed by atoms with E-state index in [4.69, 9.17) is 28.4 Å². The summed E-state index contributed by atoms with van der Waals surface area (Å²) in [5.41, 5.74) is 2.57. The van der Waals surface area contributed by atoms with Gasteiger partial charge in [-0.1, -0.05) is 137 Å². The Morgan fingerprint density at radius 1 is 0.661 bits per heavy atom. The number of carbonyl (C=O) groups is 4. The summed E-state index contributed by atoms with van der Waals surface area (Å²) in [5.74, 6) is -3.17. The van der Waals surface area contributed by atoms with Gasteiger partial charge in [0.1, 0.15) is 26.1 Å². The van der Waals surface area contributed by atoms with Gasteiger partial charge in [0.15, 0.2) is 0 Å². The molecule has 5 atom stereocenters. The SMILES string of the molecule is CCCCCCC[C@@H](OC(=O)C[C@@H](OCOC)[C@H](Cc1ccccc1)N(C)C(=O)OCc1ccccc1)[C@H](C)C(=O)O[C@H](C(=O)OCc1ccccc1)C(C)C. The summed E-state index contributed by atoms with van der Waals surface area (Å²) in [7, 11) is 3.09. The molecule has 0 bridgehead atoms. The van der Waals surface area contributed by atoms with Gasteiger partial charge in [0, 0.05) is 20.1 Å². The molecule has 11 nitrogen and oxygen atoms in total. The van der Waals surface area contributed by atoms with Gasteiger partial charge in [-0.3, -0.25) is 9.59 Å². The van der Waals surface area contributed by atoms with Gasteiger partial charge in [0.05, 0.1) is 24.5 Å². The summed E-state index contributed by atoms with van der Waals surface area (Å²) in [4.78, 5) is 55.6. The Hall–Kier alpha value is -4.74. The van der Waals surface area contributed by atoms with Crippen LogP contribution < -0.4 is 0 Å². The molecule has 0 saturated carbocycles. The van der Waals surface area contributed by atoms with Crippen molar-refractivity contribution in [3.63, 3.8) is 0 Å². The lowest BCUT2D eigenvalue weighted by atomic mass is 9.96. The molecule has 306 valence electrons. The highest BCUT2D eigenvalue weighted by atomic mass is 16.7. The minimum absolute atomic E-state index is 0.0471. The van der Waals surface area contributed by atoms with Crippen LogP contribution in [0.15, 0.2) is 91.0 Å². The average molecular weight is 776 g/mol. The number of unbranched alkanes of at least 4 members (excludes halogenated alkanes) is 4. The van der Waals surface area contributed by atoms with Crippen molar-refractivity contribution < 1.29 is 47.6 Å². The number of likely N-dealkylation sites (N-methyl/N-ethyl adjacent to an activating group) is 1. The molecule has 0 heterocycles. The highest BCUT2D eigenvalue weighted by molar-refractivity contribution is 5.81. The lowest BCUT2D eigenvalue weighted by Gasteiger charge is -2.34.